The second kappa shape index (κ2) is 8.29. The largest absolute Gasteiger partial charge is 0.478 e. The van der Waals surface area contributed by atoms with E-state index in [1.54, 1.807) is 18.2 Å². The molecule has 1 rings (SSSR count). The summed E-state index contributed by atoms with van der Waals surface area (Å²) >= 11 is 0. The van der Waals surface area contributed by atoms with E-state index in [1.165, 1.54) is 0 Å². The van der Waals surface area contributed by atoms with Crippen LogP contribution < -0.4 is 5.32 Å². The molecule has 1 amide bonds. The van der Waals surface area contributed by atoms with E-state index in [4.69, 9.17) is 5.11 Å². The minimum Gasteiger partial charge on any atom is -0.478 e. The molecule has 0 saturated carbocycles. The average molecular weight is 263 g/mol. The number of carbonyl (C=O) groups is 2. The van der Waals surface area contributed by atoms with Crippen LogP contribution in [0.3, 0.4) is 0 Å². The van der Waals surface area contributed by atoms with Gasteiger partial charge in [-0.2, -0.15) is 0 Å². The number of carboxylic acid groups (broad SMARTS) is 1. The predicted molar refractivity (Wildman–Crippen MR) is 74.3 cm³/mol. The van der Waals surface area contributed by atoms with Gasteiger partial charge in [0.25, 0.3) is 0 Å². The van der Waals surface area contributed by atoms with Gasteiger partial charge in [0.2, 0.25) is 5.91 Å². The lowest BCUT2D eigenvalue weighted by molar-refractivity contribution is -0.121. The van der Waals surface area contributed by atoms with Gasteiger partial charge in [0.05, 0.1) is 5.56 Å². The van der Waals surface area contributed by atoms with Crippen LogP contribution in [0, 0.1) is 0 Å². The van der Waals surface area contributed by atoms with Gasteiger partial charge in [-0.15, -0.1) is 0 Å². The van der Waals surface area contributed by atoms with Crippen molar-refractivity contribution in [1.29, 1.82) is 0 Å². The van der Waals surface area contributed by atoms with Crippen molar-refractivity contribution in [2.75, 3.05) is 6.54 Å². The molecular formula is C15H21NO3. The highest BCUT2D eigenvalue weighted by atomic mass is 16.4. The quantitative estimate of drug-likeness (QED) is 0.708. The maximum atomic E-state index is 11.5. The van der Waals surface area contributed by atoms with Crippen molar-refractivity contribution in [3.8, 4) is 0 Å². The first-order valence-electron chi connectivity index (χ1n) is 6.73. The van der Waals surface area contributed by atoms with Crippen molar-refractivity contribution in [1.82, 2.24) is 5.32 Å². The van der Waals surface area contributed by atoms with Crippen molar-refractivity contribution in [3.63, 3.8) is 0 Å². The molecule has 0 aliphatic rings. The normalized spacial score (nSPS) is 10.2. The Balaban J connectivity index is 2.37. The Kier molecular flexibility index (Phi) is 6.64. The van der Waals surface area contributed by atoms with E-state index in [9.17, 15) is 9.59 Å². The molecule has 0 aromatic heterocycles. The van der Waals surface area contributed by atoms with Gasteiger partial charge in [-0.05, 0) is 24.5 Å². The van der Waals surface area contributed by atoms with Crippen LogP contribution in [-0.4, -0.2) is 23.5 Å². The molecule has 0 aliphatic heterocycles. The molecule has 2 N–H and O–H groups in total. The molecule has 0 atom stereocenters. The maximum Gasteiger partial charge on any atom is 0.335 e. The SMILES string of the molecule is CCCCCC(=O)NCCc1ccccc1C(=O)O. The summed E-state index contributed by atoms with van der Waals surface area (Å²) in [5, 5.41) is 11.9. The van der Waals surface area contributed by atoms with Crippen LogP contribution in [0.5, 0.6) is 0 Å². The number of unbranched alkanes of at least 4 members (excludes halogenated alkanes) is 2. The number of amides is 1. The van der Waals surface area contributed by atoms with Gasteiger partial charge in [0, 0.05) is 13.0 Å². The van der Waals surface area contributed by atoms with Crippen molar-refractivity contribution in [3.05, 3.63) is 35.4 Å². The number of nitrogens with one attached hydrogen (secondary N) is 1. The van der Waals surface area contributed by atoms with E-state index in [2.05, 4.69) is 12.2 Å². The molecule has 104 valence electrons. The molecule has 0 heterocycles. The fraction of sp³-hybridized carbons (Fsp3) is 0.467. The zero-order valence-electron chi connectivity index (χ0n) is 11.3. The second-order valence-electron chi connectivity index (χ2n) is 4.52. The number of hydrogen-bond acceptors (Lipinski definition) is 2. The summed E-state index contributed by atoms with van der Waals surface area (Å²) in [7, 11) is 0. The molecule has 4 nitrogen and oxygen atoms in total. The predicted octanol–water partition coefficient (Wildman–Crippen LogP) is 2.62. The van der Waals surface area contributed by atoms with Crippen LogP contribution in [0.4, 0.5) is 0 Å². The van der Waals surface area contributed by atoms with Gasteiger partial charge in [-0.3, -0.25) is 4.79 Å². The van der Waals surface area contributed by atoms with Crippen LogP contribution in [0.25, 0.3) is 0 Å². The van der Waals surface area contributed by atoms with Crippen molar-refractivity contribution < 1.29 is 14.7 Å². The minimum atomic E-state index is -0.926. The van der Waals surface area contributed by atoms with E-state index in [-0.39, 0.29) is 5.91 Å². The molecule has 0 fully saturated rings. The van der Waals surface area contributed by atoms with Crippen LogP contribution in [0.1, 0.15) is 48.5 Å². The summed E-state index contributed by atoms with van der Waals surface area (Å²) in [6, 6.07) is 6.88. The van der Waals surface area contributed by atoms with Crippen molar-refractivity contribution >= 4 is 11.9 Å². The zero-order valence-corrected chi connectivity index (χ0v) is 11.3. The number of benzene rings is 1. The topological polar surface area (TPSA) is 66.4 Å². The minimum absolute atomic E-state index is 0.0428. The average Bonchev–Trinajstić information content (AvgIpc) is 2.39. The zero-order chi connectivity index (χ0) is 14.1. The Labute approximate surface area is 113 Å². The molecule has 1 aromatic rings. The summed E-state index contributed by atoms with van der Waals surface area (Å²) in [5.41, 5.74) is 1.06. The van der Waals surface area contributed by atoms with Gasteiger partial charge in [0.1, 0.15) is 0 Å². The van der Waals surface area contributed by atoms with Gasteiger partial charge in [-0.1, -0.05) is 38.0 Å². The lowest BCUT2D eigenvalue weighted by atomic mass is 10.0. The third kappa shape index (κ3) is 5.55. The fourth-order valence-electron chi connectivity index (χ4n) is 1.91. The lowest BCUT2D eigenvalue weighted by Crippen LogP contribution is -2.25. The Morgan fingerprint density at radius 3 is 2.63 bits per heavy atom. The van der Waals surface area contributed by atoms with Crippen molar-refractivity contribution in [2.24, 2.45) is 0 Å². The van der Waals surface area contributed by atoms with Gasteiger partial charge >= 0.3 is 5.97 Å². The van der Waals surface area contributed by atoms with Gasteiger partial charge in [0.15, 0.2) is 0 Å². The van der Waals surface area contributed by atoms with E-state index in [0.717, 1.165) is 24.8 Å². The lowest BCUT2D eigenvalue weighted by Gasteiger charge is -2.07. The van der Waals surface area contributed by atoms with Gasteiger partial charge in [-0.25, -0.2) is 4.79 Å². The number of rotatable bonds is 8. The number of aromatic carboxylic acids is 1. The van der Waals surface area contributed by atoms with E-state index < -0.39 is 5.97 Å². The Bertz CT molecular complexity index is 429. The summed E-state index contributed by atoms with van der Waals surface area (Å²) in [6.45, 7) is 2.58. The summed E-state index contributed by atoms with van der Waals surface area (Å²) < 4.78 is 0. The fourth-order valence-corrected chi connectivity index (χ4v) is 1.91. The molecule has 0 unspecified atom stereocenters. The highest BCUT2D eigenvalue weighted by molar-refractivity contribution is 5.89. The Morgan fingerprint density at radius 1 is 1.21 bits per heavy atom. The maximum absolute atomic E-state index is 11.5. The third-order valence-corrected chi connectivity index (χ3v) is 2.97. The second-order valence-corrected chi connectivity index (χ2v) is 4.52. The summed E-state index contributed by atoms with van der Waals surface area (Å²) in [5.74, 6) is -0.883. The van der Waals surface area contributed by atoms with E-state index >= 15 is 0 Å². The summed E-state index contributed by atoms with van der Waals surface area (Å²) in [6.07, 6.45) is 4.17. The van der Waals surface area contributed by atoms with Crippen LogP contribution in [0.2, 0.25) is 0 Å². The van der Waals surface area contributed by atoms with Crippen molar-refractivity contribution in [2.45, 2.75) is 39.0 Å². The molecule has 0 aliphatic carbocycles. The monoisotopic (exact) mass is 263 g/mol. The first kappa shape index (κ1) is 15.2. The van der Waals surface area contributed by atoms with Crippen LogP contribution in [-0.2, 0) is 11.2 Å². The number of carbonyl (C=O) groups excluding carboxylic acids is 1. The van der Waals surface area contributed by atoms with E-state index in [0.29, 0.717) is 24.9 Å². The molecule has 19 heavy (non-hydrogen) atoms. The molecule has 0 bridgehead atoms. The molecule has 1 aromatic carbocycles. The van der Waals surface area contributed by atoms with Gasteiger partial charge < -0.3 is 10.4 Å². The van der Waals surface area contributed by atoms with Crippen LogP contribution in [0.15, 0.2) is 24.3 Å². The Hall–Kier alpha value is -1.84. The molecule has 4 heteroatoms. The molecule has 0 saturated heterocycles. The molecular weight excluding hydrogens is 242 g/mol. The number of hydrogen-bond donors (Lipinski definition) is 2. The highest BCUT2D eigenvalue weighted by Gasteiger charge is 2.08. The Morgan fingerprint density at radius 2 is 1.95 bits per heavy atom. The summed E-state index contributed by atoms with van der Waals surface area (Å²) in [4.78, 5) is 22.5. The highest BCUT2D eigenvalue weighted by Crippen LogP contribution is 2.09. The third-order valence-electron chi connectivity index (χ3n) is 2.97. The molecule has 0 spiro atoms. The standard InChI is InChI=1S/C15H21NO3/c1-2-3-4-9-14(17)16-11-10-12-7-5-6-8-13(12)15(18)19/h5-8H,2-4,9-11H2,1H3,(H,16,17)(H,18,19). The van der Waals surface area contributed by atoms with E-state index in [1.807, 2.05) is 6.07 Å². The number of carboxylic acids is 1. The molecule has 0 radical (unpaired) electrons. The van der Waals surface area contributed by atoms with Crippen LogP contribution >= 0.6 is 0 Å². The smallest absolute Gasteiger partial charge is 0.335 e. The first-order chi connectivity index (χ1) is 9.15. The first-order valence-corrected chi connectivity index (χ1v) is 6.73.